The number of ether oxygens (including phenoxy) is 1. The highest BCUT2D eigenvalue weighted by Gasteiger charge is 2.23. The van der Waals surface area contributed by atoms with E-state index in [1.807, 2.05) is 18.4 Å². The molecule has 10 heteroatoms. The van der Waals surface area contributed by atoms with Gasteiger partial charge in [0, 0.05) is 30.9 Å². The van der Waals surface area contributed by atoms with Crippen LogP contribution in [0.25, 0.3) is 0 Å². The van der Waals surface area contributed by atoms with Gasteiger partial charge in [0.2, 0.25) is 17.8 Å². The molecule has 1 aromatic carbocycles. The van der Waals surface area contributed by atoms with Gasteiger partial charge in [0.15, 0.2) is 5.16 Å². The number of nitrogens with two attached hydrogens (primary N) is 1. The first-order valence-electron chi connectivity index (χ1n) is 9.13. The van der Waals surface area contributed by atoms with Crippen molar-refractivity contribution in [2.75, 3.05) is 36.5 Å². The molecule has 0 bridgehead atoms. The van der Waals surface area contributed by atoms with Gasteiger partial charge in [0.1, 0.15) is 0 Å². The molecule has 0 radical (unpaired) electrons. The minimum Gasteiger partial charge on any atom is -0.378 e. The molecule has 28 heavy (non-hydrogen) atoms. The third kappa shape index (κ3) is 4.63. The van der Waals surface area contributed by atoms with Crippen LogP contribution in [0.5, 0.6) is 0 Å². The first-order valence-corrected chi connectivity index (χ1v) is 10.0. The highest BCUT2D eigenvalue weighted by atomic mass is 32.2. The van der Waals surface area contributed by atoms with E-state index < -0.39 is 5.91 Å². The normalized spacial score (nSPS) is 15.3. The second kappa shape index (κ2) is 9.07. The summed E-state index contributed by atoms with van der Waals surface area (Å²) >= 11 is 1.36. The van der Waals surface area contributed by atoms with Crippen molar-refractivity contribution >= 4 is 35.2 Å². The maximum Gasteiger partial charge on any atom is 0.248 e. The minimum absolute atomic E-state index is 0.157. The van der Waals surface area contributed by atoms with E-state index in [0.29, 0.717) is 36.2 Å². The van der Waals surface area contributed by atoms with E-state index >= 15 is 0 Å². The van der Waals surface area contributed by atoms with Crippen molar-refractivity contribution in [2.24, 2.45) is 5.73 Å². The molecule has 0 unspecified atom stereocenters. The molecule has 1 fully saturated rings. The summed E-state index contributed by atoms with van der Waals surface area (Å²) in [4.78, 5) is 25.8. The van der Waals surface area contributed by atoms with Gasteiger partial charge in [-0.25, -0.2) is 0 Å². The lowest BCUT2D eigenvalue weighted by atomic mass is 10.2. The quantitative estimate of drug-likeness (QED) is 0.669. The van der Waals surface area contributed by atoms with Crippen LogP contribution in [0.4, 0.5) is 11.6 Å². The average molecular weight is 404 g/mol. The van der Waals surface area contributed by atoms with Crippen molar-refractivity contribution in [3.8, 4) is 0 Å². The predicted octanol–water partition coefficient (Wildman–Crippen LogP) is 1.35. The highest BCUT2D eigenvalue weighted by molar-refractivity contribution is 8.00. The third-order valence-electron chi connectivity index (χ3n) is 4.40. The molecular weight excluding hydrogens is 380 g/mol. The van der Waals surface area contributed by atoms with Crippen LogP contribution in [0.15, 0.2) is 29.4 Å². The van der Waals surface area contributed by atoms with E-state index in [2.05, 4.69) is 20.4 Å². The molecule has 2 heterocycles. The summed E-state index contributed by atoms with van der Waals surface area (Å²) in [6.07, 6.45) is 0. The summed E-state index contributed by atoms with van der Waals surface area (Å²) in [5, 5.41) is 11.8. The van der Waals surface area contributed by atoms with Crippen LogP contribution in [0.2, 0.25) is 0 Å². The molecule has 1 aliphatic heterocycles. The Morgan fingerprint density at radius 1 is 1.25 bits per heavy atom. The summed E-state index contributed by atoms with van der Waals surface area (Å²) in [5.74, 6) is 0.148. The molecule has 150 valence electrons. The zero-order chi connectivity index (χ0) is 20.1. The fourth-order valence-electron chi connectivity index (χ4n) is 2.82. The number of amides is 2. The Bertz CT molecular complexity index is 832. The number of carbonyl (C=O) groups is 2. The van der Waals surface area contributed by atoms with Gasteiger partial charge in [0.25, 0.3) is 0 Å². The zero-order valence-electron chi connectivity index (χ0n) is 15.9. The van der Waals surface area contributed by atoms with Crippen LogP contribution < -0.4 is 16.0 Å². The lowest BCUT2D eigenvalue weighted by Gasteiger charge is -2.27. The van der Waals surface area contributed by atoms with Gasteiger partial charge in [-0.15, -0.1) is 10.2 Å². The summed E-state index contributed by atoms with van der Waals surface area (Å²) in [7, 11) is 0. The number of rotatable bonds is 7. The number of carbonyl (C=O) groups excluding carboxylic acids is 2. The number of benzene rings is 1. The molecule has 1 aliphatic rings. The lowest BCUT2D eigenvalue weighted by molar-refractivity contribution is -0.115. The van der Waals surface area contributed by atoms with Crippen LogP contribution in [0.1, 0.15) is 24.2 Å². The first-order chi connectivity index (χ1) is 13.5. The van der Waals surface area contributed by atoms with Gasteiger partial charge in [-0.1, -0.05) is 11.8 Å². The Labute approximate surface area is 167 Å². The minimum atomic E-state index is -0.503. The van der Waals surface area contributed by atoms with Gasteiger partial charge in [-0.2, -0.15) is 0 Å². The molecule has 3 rings (SSSR count). The molecule has 1 atom stereocenters. The van der Waals surface area contributed by atoms with Gasteiger partial charge in [0.05, 0.1) is 18.5 Å². The van der Waals surface area contributed by atoms with Gasteiger partial charge in [-0.05, 0) is 38.1 Å². The van der Waals surface area contributed by atoms with Crippen molar-refractivity contribution in [1.29, 1.82) is 0 Å². The number of nitrogens with one attached hydrogen (secondary N) is 1. The fourth-order valence-corrected chi connectivity index (χ4v) is 3.72. The predicted molar refractivity (Wildman–Crippen MR) is 108 cm³/mol. The highest BCUT2D eigenvalue weighted by Crippen LogP contribution is 2.26. The molecule has 1 aromatic heterocycles. The van der Waals surface area contributed by atoms with E-state index in [9.17, 15) is 9.59 Å². The molecule has 0 aliphatic carbocycles. The van der Waals surface area contributed by atoms with Crippen molar-refractivity contribution in [3.05, 3.63) is 29.8 Å². The van der Waals surface area contributed by atoms with Crippen LogP contribution >= 0.6 is 11.8 Å². The lowest BCUT2D eigenvalue weighted by Crippen LogP contribution is -2.38. The number of morpholine rings is 1. The van der Waals surface area contributed by atoms with Gasteiger partial charge < -0.3 is 20.7 Å². The Hall–Kier alpha value is -2.59. The summed E-state index contributed by atoms with van der Waals surface area (Å²) in [6.45, 7) is 7.47. The molecule has 9 nitrogen and oxygen atoms in total. The number of nitrogens with zero attached hydrogens (tertiary/aromatic N) is 4. The molecule has 0 spiro atoms. The smallest absolute Gasteiger partial charge is 0.248 e. The van der Waals surface area contributed by atoms with Gasteiger partial charge in [-0.3, -0.25) is 14.2 Å². The van der Waals surface area contributed by atoms with Crippen LogP contribution in [-0.2, 0) is 16.1 Å². The van der Waals surface area contributed by atoms with E-state index in [4.69, 9.17) is 10.5 Å². The maximum absolute atomic E-state index is 12.5. The van der Waals surface area contributed by atoms with E-state index in [1.165, 1.54) is 11.8 Å². The second-order valence-electron chi connectivity index (χ2n) is 6.32. The van der Waals surface area contributed by atoms with Crippen LogP contribution in [0, 0.1) is 0 Å². The van der Waals surface area contributed by atoms with Crippen LogP contribution in [-0.4, -0.2) is 58.1 Å². The van der Waals surface area contributed by atoms with E-state index in [1.54, 1.807) is 24.3 Å². The third-order valence-corrected chi connectivity index (χ3v) is 5.48. The summed E-state index contributed by atoms with van der Waals surface area (Å²) in [5.41, 5.74) is 6.23. The monoisotopic (exact) mass is 404 g/mol. The maximum atomic E-state index is 12.5. The van der Waals surface area contributed by atoms with Crippen molar-refractivity contribution in [3.63, 3.8) is 0 Å². The molecule has 2 amide bonds. The molecule has 1 saturated heterocycles. The van der Waals surface area contributed by atoms with E-state index in [0.717, 1.165) is 19.0 Å². The first kappa shape index (κ1) is 20.2. The summed E-state index contributed by atoms with van der Waals surface area (Å²) in [6, 6.07) is 6.47. The molecular formula is C18H24N6O3S. The second-order valence-corrected chi connectivity index (χ2v) is 7.63. The number of aromatic nitrogens is 3. The standard InChI is InChI=1S/C18H24N6O3S/c1-3-24-17(23-8-10-27-11-9-23)21-22-18(24)28-12(2)16(26)20-14-6-4-13(5-7-14)15(19)25/h4-7,12H,3,8-11H2,1-2H3,(H2,19,25)(H,20,26)/t12-/m1/s1. The number of hydrogen-bond donors (Lipinski definition) is 2. The molecule has 0 saturated carbocycles. The topological polar surface area (TPSA) is 115 Å². The Kier molecular flexibility index (Phi) is 6.53. The van der Waals surface area contributed by atoms with Crippen molar-refractivity contribution < 1.29 is 14.3 Å². The number of anilines is 2. The van der Waals surface area contributed by atoms with Crippen molar-refractivity contribution in [1.82, 2.24) is 14.8 Å². The number of hydrogen-bond acceptors (Lipinski definition) is 7. The SMILES string of the molecule is CCn1c(S[C@H](C)C(=O)Nc2ccc(C(N)=O)cc2)nnc1N1CCOCC1. The molecule has 3 N–H and O–H groups in total. The zero-order valence-corrected chi connectivity index (χ0v) is 16.7. The Balaban J connectivity index is 1.64. The largest absolute Gasteiger partial charge is 0.378 e. The average Bonchev–Trinajstić information content (AvgIpc) is 3.11. The number of primary amides is 1. The number of thioether (sulfide) groups is 1. The summed E-state index contributed by atoms with van der Waals surface area (Å²) < 4.78 is 7.41. The Morgan fingerprint density at radius 2 is 1.93 bits per heavy atom. The van der Waals surface area contributed by atoms with Gasteiger partial charge >= 0.3 is 0 Å². The molecule has 2 aromatic rings. The van der Waals surface area contributed by atoms with E-state index in [-0.39, 0.29) is 11.2 Å². The Morgan fingerprint density at radius 3 is 2.54 bits per heavy atom. The van der Waals surface area contributed by atoms with Crippen molar-refractivity contribution in [2.45, 2.75) is 30.8 Å². The fraction of sp³-hybridized carbons (Fsp3) is 0.444. The van der Waals surface area contributed by atoms with Crippen LogP contribution in [0.3, 0.4) is 0 Å².